The van der Waals surface area contributed by atoms with Crippen LogP contribution in [0.15, 0.2) is 65.1 Å². The maximum Gasteiger partial charge on any atom is 0.231 e. The molecule has 2 fully saturated rings. The quantitative estimate of drug-likeness (QED) is 0.598. The Balaban J connectivity index is 1.58. The largest absolute Gasteiger partial charge is 0.424 e. The number of hydrogen-bond acceptors (Lipinski definition) is 4. The molecule has 2 heterocycles. The van der Waals surface area contributed by atoms with Crippen LogP contribution in [0.2, 0.25) is 0 Å². The highest BCUT2D eigenvalue weighted by Gasteiger charge is 2.43. The molecule has 5 rings (SSSR count). The van der Waals surface area contributed by atoms with E-state index >= 15 is 0 Å². The van der Waals surface area contributed by atoms with Crippen LogP contribution in [0.25, 0.3) is 0 Å². The molecule has 2 atom stereocenters. The van der Waals surface area contributed by atoms with Gasteiger partial charge in [-0.2, -0.15) is 0 Å². The number of benzene rings is 2. The Labute approximate surface area is 173 Å². The number of aryl methyl sites for hydroxylation is 1. The van der Waals surface area contributed by atoms with Gasteiger partial charge in [-0.25, -0.2) is 0 Å². The van der Waals surface area contributed by atoms with Gasteiger partial charge in [0.05, 0.1) is 5.41 Å². The lowest BCUT2D eigenvalue weighted by molar-refractivity contribution is 0.223. The lowest BCUT2D eigenvalue weighted by atomic mass is 9.71. The van der Waals surface area contributed by atoms with Crippen LogP contribution in [0, 0.1) is 12.8 Å². The van der Waals surface area contributed by atoms with Gasteiger partial charge in [-0.1, -0.05) is 67.1 Å². The molecular formula is C25H29N3O. The summed E-state index contributed by atoms with van der Waals surface area (Å²) in [6.07, 6.45) is 6.45. The molecule has 0 N–H and O–H groups in total. The predicted octanol–water partition coefficient (Wildman–Crippen LogP) is 4.98. The van der Waals surface area contributed by atoms with Crippen molar-refractivity contribution in [2.24, 2.45) is 5.92 Å². The third-order valence-electron chi connectivity index (χ3n) is 6.96. The summed E-state index contributed by atoms with van der Waals surface area (Å²) >= 11 is 0. The van der Waals surface area contributed by atoms with E-state index in [9.17, 15) is 0 Å². The fourth-order valence-electron chi connectivity index (χ4n) is 5.55. The van der Waals surface area contributed by atoms with Crippen molar-refractivity contribution >= 4 is 0 Å². The van der Waals surface area contributed by atoms with E-state index in [2.05, 4.69) is 75.8 Å². The third kappa shape index (κ3) is 3.40. The van der Waals surface area contributed by atoms with Crippen molar-refractivity contribution in [3.63, 3.8) is 0 Å². The molecule has 0 amide bonds. The first-order valence-electron chi connectivity index (χ1n) is 10.9. The molecule has 0 radical (unpaired) electrons. The van der Waals surface area contributed by atoms with E-state index in [4.69, 9.17) is 4.42 Å². The van der Waals surface area contributed by atoms with E-state index in [1.54, 1.807) is 0 Å². The van der Waals surface area contributed by atoms with Crippen LogP contribution in [-0.2, 0) is 5.41 Å². The number of nitrogens with zero attached hydrogens (tertiary/aromatic N) is 3. The zero-order valence-electron chi connectivity index (χ0n) is 17.1. The van der Waals surface area contributed by atoms with E-state index in [1.807, 2.05) is 6.92 Å². The van der Waals surface area contributed by atoms with Crippen molar-refractivity contribution in [2.75, 3.05) is 13.1 Å². The minimum Gasteiger partial charge on any atom is -0.424 e. The molecule has 2 bridgehead atoms. The molecule has 1 aromatic heterocycles. The summed E-state index contributed by atoms with van der Waals surface area (Å²) in [5, 5.41) is 8.75. The second-order valence-corrected chi connectivity index (χ2v) is 8.70. The molecule has 2 aliphatic rings. The molecule has 1 saturated carbocycles. The Morgan fingerprint density at radius 1 is 0.966 bits per heavy atom. The molecule has 1 saturated heterocycles. The van der Waals surface area contributed by atoms with Crippen LogP contribution in [0.3, 0.4) is 0 Å². The highest BCUT2D eigenvalue weighted by atomic mass is 16.4. The van der Waals surface area contributed by atoms with Gasteiger partial charge >= 0.3 is 0 Å². The molecule has 0 spiro atoms. The number of fused-ring (bicyclic) bond motifs is 2. The molecule has 4 nitrogen and oxygen atoms in total. The highest BCUT2D eigenvalue weighted by molar-refractivity contribution is 5.45. The summed E-state index contributed by atoms with van der Waals surface area (Å²) in [7, 11) is 0. The molecule has 150 valence electrons. The zero-order chi connectivity index (χ0) is 19.7. The minimum atomic E-state index is -0.430. The summed E-state index contributed by atoms with van der Waals surface area (Å²) in [6.45, 7) is 4.17. The van der Waals surface area contributed by atoms with Crippen molar-refractivity contribution < 1.29 is 4.42 Å². The number of aromatic nitrogens is 2. The van der Waals surface area contributed by atoms with Gasteiger partial charge in [0.15, 0.2) is 0 Å². The van der Waals surface area contributed by atoms with Crippen LogP contribution >= 0.6 is 0 Å². The lowest BCUT2D eigenvalue weighted by Crippen LogP contribution is -2.37. The lowest BCUT2D eigenvalue weighted by Gasteiger charge is -2.34. The molecule has 2 aromatic carbocycles. The first-order valence-corrected chi connectivity index (χ1v) is 10.9. The Kier molecular flexibility index (Phi) is 4.96. The first-order chi connectivity index (χ1) is 14.3. The Bertz CT molecular complexity index is 897. The summed E-state index contributed by atoms with van der Waals surface area (Å²) in [5.41, 5.74) is 2.01. The highest BCUT2D eigenvalue weighted by Crippen LogP contribution is 2.43. The smallest absolute Gasteiger partial charge is 0.231 e. The summed E-state index contributed by atoms with van der Waals surface area (Å²) < 4.78 is 6.12. The second kappa shape index (κ2) is 7.75. The number of likely N-dealkylation sites (tertiary alicyclic amines) is 1. The van der Waals surface area contributed by atoms with Gasteiger partial charge in [0.25, 0.3) is 0 Å². The molecule has 3 aromatic rings. The van der Waals surface area contributed by atoms with Crippen molar-refractivity contribution in [2.45, 2.75) is 50.5 Å². The standard InChI is InChI=1S/C25H29N3O/c1-19-26-27-24(29-19)25(21-10-4-2-5-11-21,22-12-6-3-7-13-22)15-16-28-18-20-9-8-14-23(28)17-20/h2-7,10-13,20,23H,8-9,14-18H2,1H3. The SMILES string of the molecule is Cc1nnc(C(CCN2CC3CCCC2C3)(c2ccccc2)c2ccccc2)o1. The fourth-order valence-corrected chi connectivity index (χ4v) is 5.55. The van der Waals surface area contributed by atoms with E-state index < -0.39 is 5.41 Å². The van der Waals surface area contributed by atoms with Crippen molar-refractivity contribution in [3.8, 4) is 0 Å². The molecule has 29 heavy (non-hydrogen) atoms. The zero-order valence-corrected chi connectivity index (χ0v) is 17.1. The van der Waals surface area contributed by atoms with Crippen LogP contribution < -0.4 is 0 Å². The van der Waals surface area contributed by atoms with Crippen LogP contribution in [-0.4, -0.2) is 34.2 Å². The molecule has 2 unspecified atom stereocenters. The Morgan fingerprint density at radius 3 is 2.24 bits per heavy atom. The fraction of sp³-hybridized carbons (Fsp3) is 0.440. The average Bonchev–Trinajstić information content (AvgIpc) is 3.33. The van der Waals surface area contributed by atoms with E-state index in [0.29, 0.717) is 11.8 Å². The van der Waals surface area contributed by atoms with Gasteiger partial charge in [-0.15, -0.1) is 10.2 Å². The second-order valence-electron chi connectivity index (χ2n) is 8.70. The summed E-state index contributed by atoms with van der Waals surface area (Å²) in [6, 6.07) is 22.1. The van der Waals surface area contributed by atoms with Crippen LogP contribution in [0.5, 0.6) is 0 Å². The van der Waals surface area contributed by atoms with E-state index in [0.717, 1.165) is 24.9 Å². The van der Waals surface area contributed by atoms with Crippen LogP contribution in [0.1, 0.15) is 55.0 Å². The molecule has 4 heteroatoms. The van der Waals surface area contributed by atoms with Gasteiger partial charge in [-0.3, -0.25) is 0 Å². The van der Waals surface area contributed by atoms with Gasteiger partial charge < -0.3 is 9.32 Å². The van der Waals surface area contributed by atoms with Gasteiger partial charge in [0, 0.05) is 26.1 Å². The number of rotatable bonds is 6. The van der Waals surface area contributed by atoms with Crippen molar-refractivity contribution in [3.05, 3.63) is 83.6 Å². The van der Waals surface area contributed by atoms with Crippen molar-refractivity contribution in [1.82, 2.24) is 15.1 Å². The van der Waals surface area contributed by atoms with Crippen LogP contribution in [0.4, 0.5) is 0 Å². The Hall–Kier alpha value is -2.46. The topological polar surface area (TPSA) is 42.2 Å². The van der Waals surface area contributed by atoms with E-state index in [-0.39, 0.29) is 0 Å². The predicted molar refractivity (Wildman–Crippen MR) is 114 cm³/mol. The molecule has 1 aliphatic carbocycles. The molecule has 1 aliphatic heterocycles. The Morgan fingerprint density at radius 2 is 1.66 bits per heavy atom. The van der Waals surface area contributed by atoms with Gasteiger partial charge in [0.1, 0.15) is 0 Å². The maximum absolute atomic E-state index is 6.12. The maximum atomic E-state index is 6.12. The van der Waals surface area contributed by atoms with Crippen molar-refractivity contribution in [1.29, 1.82) is 0 Å². The minimum absolute atomic E-state index is 0.430. The third-order valence-corrected chi connectivity index (χ3v) is 6.96. The van der Waals surface area contributed by atoms with Gasteiger partial charge in [0.2, 0.25) is 11.8 Å². The molecular weight excluding hydrogens is 358 g/mol. The normalized spacial score (nSPS) is 22.1. The van der Waals surface area contributed by atoms with Gasteiger partial charge in [-0.05, 0) is 42.7 Å². The average molecular weight is 388 g/mol. The monoisotopic (exact) mass is 387 g/mol. The van der Waals surface area contributed by atoms with E-state index in [1.165, 1.54) is 43.4 Å². The first kappa shape index (κ1) is 18.6. The summed E-state index contributed by atoms with van der Waals surface area (Å²) in [4.78, 5) is 2.72. The number of hydrogen-bond donors (Lipinski definition) is 0. The summed E-state index contributed by atoms with van der Waals surface area (Å²) in [5.74, 6) is 2.21.